The average molecular weight is 326 g/mol. The van der Waals surface area contributed by atoms with Crippen LogP contribution in [0.2, 0.25) is 5.02 Å². The normalized spacial score (nSPS) is 11.7. The summed E-state index contributed by atoms with van der Waals surface area (Å²) >= 11 is 12.9. The molecule has 0 saturated carbocycles. The van der Waals surface area contributed by atoms with Gasteiger partial charge in [-0.05, 0) is 17.7 Å². The number of hydrogen-bond acceptors (Lipinski definition) is 0. The van der Waals surface area contributed by atoms with E-state index >= 15 is 0 Å². The first-order valence-electron chi connectivity index (χ1n) is 4.00. The minimum absolute atomic E-state index is 0.143. The van der Waals surface area contributed by atoms with E-state index in [2.05, 4.69) is 50.9 Å². The molecule has 0 N–H and O–H groups in total. The highest BCUT2D eigenvalue weighted by Crippen LogP contribution is 2.28. The molecule has 1 rings (SSSR count). The first-order chi connectivity index (χ1) is 6.12. The second-order valence-electron chi connectivity index (χ2n) is 3.33. The van der Waals surface area contributed by atoms with E-state index in [9.17, 15) is 0 Å². The largest absolute Gasteiger partial charge is 0.0918 e. The van der Waals surface area contributed by atoms with E-state index in [1.165, 1.54) is 5.56 Å². The summed E-state index contributed by atoms with van der Waals surface area (Å²) in [7, 11) is 0. The van der Waals surface area contributed by atoms with Gasteiger partial charge in [0.15, 0.2) is 0 Å². The van der Waals surface area contributed by atoms with E-state index in [1.54, 1.807) is 0 Å². The summed E-state index contributed by atoms with van der Waals surface area (Å²) in [5, 5.41) is 2.66. The highest BCUT2D eigenvalue weighted by atomic mass is 79.9. The number of alkyl halides is 2. The van der Waals surface area contributed by atoms with Gasteiger partial charge in [0, 0.05) is 21.1 Å². The predicted molar refractivity (Wildman–Crippen MR) is 66.4 cm³/mol. The first kappa shape index (κ1) is 11.5. The van der Waals surface area contributed by atoms with Crippen molar-refractivity contribution in [3.63, 3.8) is 0 Å². The molecule has 0 spiro atoms. The summed E-state index contributed by atoms with van der Waals surface area (Å²) in [5.41, 5.74) is 1.44. The molecule has 0 nitrogen and oxygen atoms in total. The lowest BCUT2D eigenvalue weighted by atomic mass is 9.87. The van der Waals surface area contributed by atoms with E-state index in [0.717, 1.165) is 15.7 Å². The molecule has 0 atom stereocenters. The molecule has 0 aliphatic carbocycles. The third-order valence-electron chi connectivity index (χ3n) is 2.13. The summed E-state index contributed by atoms with van der Waals surface area (Å²) in [6.45, 7) is 2.21. The van der Waals surface area contributed by atoms with Crippen LogP contribution in [-0.4, -0.2) is 10.7 Å². The Morgan fingerprint density at radius 2 is 1.62 bits per heavy atom. The second-order valence-corrected chi connectivity index (χ2v) is 4.89. The summed E-state index contributed by atoms with van der Waals surface area (Å²) in [4.78, 5) is 0. The predicted octanol–water partition coefficient (Wildman–Crippen LogP) is 4.39. The molecule has 0 amide bonds. The Morgan fingerprint density at radius 1 is 1.15 bits per heavy atom. The zero-order chi connectivity index (χ0) is 9.90. The van der Waals surface area contributed by atoms with E-state index in [1.807, 2.05) is 12.1 Å². The molecule has 72 valence electrons. The van der Waals surface area contributed by atoms with Crippen molar-refractivity contribution < 1.29 is 0 Å². The number of halogens is 3. The summed E-state index contributed by atoms with van der Waals surface area (Å²) in [6.07, 6.45) is 0. The first-order valence-corrected chi connectivity index (χ1v) is 6.62. The fourth-order valence-electron chi connectivity index (χ4n) is 1.04. The Labute approximate surface area is 101 Å². The fraction of sp³-hybridized carbons (Fsp3) is 0.400. The topological polar surface area (TPSA) is 0 Å². The van der Waals surface area contributed by atoms with Crippen molar-refractivity contribution in [1.29, 1.82) is 0 Å². The van der Waals surface area contributed by atoms with Gasteiger partial charge in [-0.1, -0.05) is 62.5 Å². The van der Waals surface area contributed by atoms with Gasteiger partial charge < -0.3 is 0 Å². The highest BCUT2D eigenvalue weighted by Gasteiger charge is 2.23. The summed E-state index contributed by atoms with van der Waals surface area (Å²) < 4.78 is 0. The second kappa shape index (κ2) is 4.81. The van der Waals surface area contributed by atoms with Crippen LogP contribution >= 0.6 is 43.5 Å². The maximum absolute atomic E-state index is 5.82. The van der Waals surface area contributed by atoms with Crippen molar-refractivity contribution in [3.8, 4) is 0 Å². The molecule has 13 heavy (non-hydrogen) atoms. The third-order valence-corrected chi connectivity index (χ3v) is 4.86. The number of benzene rings is 1. The third kappa shape index (κ3) is 2.71. The van der Waals surface area contributed by atoms with Crippen LogP contribution in [0.4, 0.5) is 0 Å². The van der Waals surface area contributed by atoms with Gasteiger partial charge in [-0.2, -0.15) is 0 Å². The van der Waals surface area contributed by atoms with E-state index < -0.39 is 0 Å². The zero-order valence-electron chi connectivity index (χ0n) is 7.36. The van der Waals surface area contributed by atoms with Gasteiger partial charge in [0.1, 0.15) is 0 Å². The molecular formula is C10H11Br2Cl. The lowest BCUT2D eigenvalue weighted by molar-refractivity contribution is 0.623. The molecule has 0 heterocycles. The van der Waals surface area contributed by atoms with Gasteiger partial charge in [-0.15, -0.1) is 0 Å². The zero-order valence-corrected chi connectivity index (χ0v) is 11.3. The SMILES string of the molecule is CC(CBr)(CBr)c1ccc(Cl)cc1. The standard InChI is InChI=1S/C10H11Br2Cl/c1-10(6-11,7-12)8-2-4-9(13)5-3-8/h2-5H,6-7H2,1H3. The van der Waals surface area contributed by atoms with Crippen molar-refractivity contribution in [3.05, 3.63) is 34.9 Å². The van der Waals surface area contributed by atoms with E-state index in [0.29, 0.717) is 0 Å². The number of rotatable bonds is 3. The molecule has 1 aromatic carbocycles. The smallest absolute Gasteiger partial charge is 0.0406 e. The van der Waals surface area contributed by atoms with Gasteiger partial charge in [-0.3, -0.25) is 0 Å². The maximum Gasteiger partial charge on any atom is 0.0406 e. The quantitative estimate of drug-likeness (QED) is 0.723. The Bertz CT molecular complexity index is 265. The van der Waals surface area contributed by atoms with Crippen molar-refractivity contribution in [2.45, 2.75) is 12.3 Å². The molecule has 0 saturated heterocycles. The summed E-state index contributed by atoms with van der Waals surface area (Å²) in [6, 6.07) is 8.01. The van der Waals surface area contributed by atoms with Gasteiger partial charge in [0.2, 0.25) is 0 Å². The Kier molecular flexibility index (Phi) is 4.27. The van der Waals surface area contributed by atoms with Crippen molar-refractivity contribution >= 4 is 43.5 Å². The van der Waals surface area contributed by atoms with Gasteiger partial charge in [-0.25, -0.2) is 0 Å². The molecule has 0 aliphatic heterocycles. The molecule has 0 aromatic heterocycles. The maximum atomic E-state index is 5.82. The molecule has 1 aromatic rings. The minimum Gasteiger partial charge on any atom is -0.0918 e. The van der Waals surface area contributed by atoms with Crippen LogP contribution in [0, 0.1) is 0 Å². The van der Waals surface area contributed by atoms with Gasteiger partial charge in [0.05, 0.1) is 0 Å². The molecule has 0 radical (unpaired) electrons. The molecule has 0 aliphatic rings. The van der Waals surface area contributed by atoms with Gasteiger partial charge >= 0.3 is 0 Å². The molecule has 0 unspecified atom stereocenters. The lowest BCUT2D eigenvalue weighted by Crippen LogP contribution is -2.25. The van der Waals surface area contributed by atoms with Crippen molar-refractivity contribution in [2.24, 2.45) is 0 Å². The van der Waals surface area contributed by atoms with Crippen LogP contribution in [0.3, 0.4) is 0 Å². The minimum atomic E-state index is 0.143. The van der Waals surface area contributed by atoms with Crippen molar-refractivity contribution in [2.75, 3.05) is 10.7 Å². The Balaban J connectivity index is 2.99. The van der Waals surface area contributed by atoms with E-state index in [4.69, 9.17) is 11.6 Å². The average Bonchev–Trinajstić information content (AvgIpc) is 2.18. The molecule has 0 fully saturated rings. The van der Waals surface area contributed by atoms with Gasteiger partial charge in [0.25, 0.3) is 0 Å². The molecular weight excluding hydrogens is 315 g/mol. The van der Waals surface area contributed by atoms with E-state index in [-0.39, 0.29) is 5.41 Å². The monoisotopic (exact) mass is 324 g/mol. The van der Waals surface area contributed by atoms with Crippen LogP contribution in [0.1, 0.15) is 12.5 Å². The molecule has 0 bridgehead atoms. The Morgan fingerprint density at radius 3 is 2.00 bits per heavy atom. The van der Waals surface area contributed by atoms with Crippen LogP contribution in [0.25, 0.3) is 0 Å². The Hall–Kier alpha value is 0.470. The lowest BCUT2D eigenvalue weighted by Gasteiger charge is -2.25. The van der Waals surface area contributed by atoms with Crippen LogP contribution in [0.15, 0.2) is 24.3 Å². The summed E-state index contributed by atoms with van der Waals surface area (Å²) in [5.74, 6) is 0. The van der Waals surface area contributed by atoms with Crippen LogP contribution in [0.5, 0.6) is 0 Å². The number of hydrogen-bond donors (Lipinski definition) is 0. The van der Waals surface area contributed by atoms with Crippen LogP contribution in [-0.2, 0) is 5.41 Å². The van der Waals surface area contributed by atoms with Crippen molar-refractivity contribution in [1.82, 2.24) is 0 Å². The fourth-order valence-corrected chi connectivity index (χ4v) is 2.74. The molecule has 3 heteroatoms. The highest BCUT2D eigenvalue weighted by molar-refractivity contribution is 9.09. The van der Waals surface area contributed by atoms with Crippen LogP contribution < -0.4 is 0 Å².